The van der Waals surface area contributed by atoms with Crippen molar-refractivity contribution in [3.8, 4) is 0 Å². The van der Waals surface area contributed by atoms with Gasteiger partial charge in [0.2, 0.25) is 0 Å². The Hall–Kier alpha value is -1.19. The highest BCUT2D eigenvalue weighted by Crippen LogP contribution is 2.01. The number of nitrogens with one attached hydrogen (secondary N) is 2. The molecule has 0 aliphatic heterocycles. The van der Waals surface area contributed by atoms with Crippen LogP contribution in [0.2, 0.25) is 0 Å². The first-order valence-electron chi connectivity index (χ1n) is 3.72. The normalized spacial score (nSPS) is 10.1. The molecule has 15 heavy (non-hydrogen) atoms. The summed E-state index contributed by atoms with van der Waals surface area (Å²) in [6, 6.07) is 9.72. The summed E-state index contributed by atoms with van der Waals surface area (Å²) < 4.78 is 31.6. The maximum Gasteiger partial charge on any atom is 0.394 e. The van der Waals surface area contributed by atoms with Gasteiger partial charge in [-0.1, -0.05) is 18.2 Å². The zero-order valence-corrected chi connectivity index (χ0v) is 8.73. The average Bonchev–Trinajstić information content (AvgIpc) is 2.14. The molecule has 0 aliphatic carbocycles. The summed E-state index contributed by atoms with van der Waals surface area (Å²) in [7, 11) is -3.12. The summed E-state index contributed by atoms with van der Waals surface area (Å²) in [6.07, 6.45) is 0. The third kappa shape index (κ3) is 12.8. The summed E-state index contributed by atoms with van der Waals surface area (Å²) in [5.41, 5.74) is 6.31. The lowest BCUT2D eigenvalue weighted by Crippen LogP contribution is -2.19. The van der Waals surface area contributed by atoms with E-state index in [2.05, 4.69) is 15.9 Å². The van der Waals surface area contributed by atoms with Gasteiger partial charge in [0.25, 0.3) is 0 Å². The molecule has 1 aromatic rings. The second kappa shape index (κ2) is 7.15. The first-order valence-corrected chi connectivity index (χ1v) is 5.12. The van der Waals surface area contributed by atoms with Crippen molar-refractivity contribution in [3.63, 3.8) is 0 Å². The van der Waals surface area contributed by atoms with Crippen LogP contribution in [-0.4, -0.2) is 24.6 Å². The number of hydrogen-bond donors (Lipinski definition) is 4. The van der Waals surface area contributed by atoms with Crippen LogP contribution in [0.5, 0.6) is 0 Å². The van der Waals surface area contributed by atoms with E-state index < -0.39 is 10.4 Å². The van der Waals surface area contributed by atoms with Crippen LogP contribution in [0.15, 0.2) is 30.3 Å². The predicted octanol–water partition coefficient (Wildman–Crippen LogP) is 0.512. The topological polar surface area (TPSA) is 108 Å². The highest BCUT2D eigenvalue weighted by molar-refractivity contribution is 7.79. The molecule has 4 N–H and O–H groups in total. The molecule has 86 valence electrons. The Balaban J connectivity index is 0.000000336. The molecule has 8 heteroatoms. The van der Waals surface area contributed by atoms with Crippen molar-refractivity contribution < 1.29 is 22.4 Å². The Morgan fingerprint density at radius 1 is 1.20 bits per heavy atom. The van der Waals surface area contributed by atoms with E-state index in [0.717, 1.165) is 5.69 Å². The molecule has 1 aromatic carbocycles. The number of anilines is 1. The lowest BCUT2D eigenvalue weighted by Gasteiger charge is -2.03. The average molecular weight is 236 g/mol. The van der Waals surface area contributed by atoms with Gasteiger partial charge in [0.05, 0.1) is 12.8 Å². The molecule has 0 fully saturated rings. The Labute approximate surface area is 87.6 Å². The molecule has 7 nitrogen and oxygen atoms in total. The minimum atomic E-state index is -4.67. The second-order valence-electron chi connectivity index (χ2n) is 2.25. The fourth-order valence-electron chi connectivity index (χ4n) is 0.631. The van der Waals surface area contributed by atoms with Crippen molar-refractivity contribution in [1.82, 2.24) is 5.59 Å². The van der Waals surface area contributed by atoms with Crippen LogP contribution in [0.3, 0.4) is 0 Å². The molecule has 0 atom stereocenters. The Kier molecular flexibility index (Phi) is 6.58. The highest BCUT2D eigenvalue weighted by atomic mass is 32.3. The smallest absolute Gasteiger partial charge is 0.299 e. The van der Waals surface area contributed by atoms with E-state index >= 15 is 0 Å². The number of hydrazine groups is 1. The van der Waals surface area contributed by atoms with Crippen LogP contribution in [0, 0.1) is 0 Å². The summed E-state index contributed by atoms with van der Waals surface area (Å²) in [4.78, 5) is 4.58. The van der Waals surface area contributed by atoms with E-state index in [0.29, 0.717) is 0 Å². The zero-order chi connectivity index (χ0) is 11.7. The van der Waals surface area contributed by atoms with Crippen LogP contribution in [0.1, 0.15) is 0 Å². The first-order chi connectivity index (χ1) is 6.93. The van der Waals surface area contributed by atoms with E-state index in [1.54, 1.807) is 7.11 Å². The van der Waals surface area contributed by atoms with Crippen LogP contribution in [-0.2, 0) is 15.2 Å². The molecule has 0 heterocycles. The molecule has 0 aliphatic rings. The Bertz CT molecular complexity index is 345. The van der Waals surface area contributed by atoms with Crippen molar-refractivity contribution in [3.05, 3.63) is 30.3 Å². The lowest BCUT2D eigenvalue weighted by atomic mass is 10.3. The molecule has 0 aromatic heterocycles. The third-order valence-electron chi connectivity index (χ3n) is 1.07. The number of rotatable bonds is 3. The monoisotopic (exact) mass is 236 g/mol. The SMILES string of the molecule is CONNc1ccccc1.O=S(=O)(O)O. The number of hydrogen-bond acceptors (Lipinski definition) is 5. The molecule has 0 saturated carbocycles. The number of benzene rings is 1. The maximum absolute atomic E-state index is 8.74. The zero-order valence-electron chi connectivity index (χ0n) is 7.91. The molecular formula is C7H12N2O5S. The van der Waals surface area contributed by atoms with Crippen LogP contribution in [0.25, 0.3) is 0 Å². The first kappa shape index (κ1) is 13.8. The minimum Gasteiger partial charge on any atom is -0.299 e. The van der Waals surface area contributed by atoms with Gasteiger partial charge in [-0.25, -0.2) is 0 Å². The molecule has 0 radical (unpaired) electrons. The summed E-state index contributed by atoms with van der Waals surface area (Å²) in [5.74, 6) is 0. The lowest BCUT2D eigenvalue weighted by molar-refractivity contribution is 0.111. The van der Waals surface area contributed by atoms with Gasteiger partial charge in [-0.15, -0.1) is 5.59 Å². The molecule has 0 unspecified atom stereocenters. The van der Waals surface area contributed by atoms with E-state index in [4.69, 9.17) is 17.5 Å². The van der Waals surface area contributed by atoms with Gasteiger partial charge < -0.3 is 0 Å². The summed E-state index contributed by atoms with van der Waals surface area (Å²) >= 11 is 0. The summed E-state index contributed by atoms with van der Waals surface area (Å²) in [5, 5.41) is 0. The van der Waals surface area contributed by atoms with Crippen molar-refractivity contribution in [2.75, 3.05) is 12.5 Å². The van der Waals surface area contributed by atoms with Gasteiger partial charge >= 0.3 is 10.4 Å². The van der Waals surface area contributed by atoms with Gasteiger partial charge in [0.15, 0.2) is 0 Å². The highest BCUT2D eigenvalue weighted by Gasteiger charge is 1.85. The van der Waals surface area contributed by atoms with E-state index in [-0.39, 0.29) is 0 Å². The molecule has 0 saturated heterocycles. The maximum atomic E-state index is 8.74. The van der Waals surface area contributed by atoms with Crippen molar-refractivity contribution in [1.29, 1.82) is 0 Å². The van der Waals surface area contributed by atoms with Gasteiger partial charge in [-0.2, -0.15) is 8.42 Å². The van der Waals surface area contributed by atoms with Crippen LogP contribution in [0.4, 0.5) is 5.69 Å². The Morgan fingerprint density at radius 2 is 1.67 bits per heavy atom. The van der Waals surface area contributed by atoms with Crippen molar-refractivity contribution in [2.45, 2.75) is 0 Å². The quantitative estimate of drug-likeness (QED) is 0.447. The van der Waals surface area contributed by atoms with E-state index in [1.165, 1.54) is 0 Å². The molecule has 0 spiro atoms. The predicted molar refractivity (Wildman–Crippen MR) is 54.4 cm³/mol. The van der Waals surface area contributed by atoms with E-state index in [1.807, 2.05) is 30.3 Å². The molecular weight excluding hydrogens is 224 g/mol. The second-order valence-corrected chi connectivity index (χ2v) is 3.14. The Morgan fingerprint density at radius 3 is 2.07 bits per heavy atom. The molecule has 0 amide bonds. The third-order valence-corrected chi connectivity index (χ3v) is 1.07. The fraction of sp³-hybridized carbons (Fsp3) is 0.143. The standard InChI is InChI=1S/C7H10N2O.H2O4S/c1-10-9-8-7-5-3-2-4-6-7;1-5(2,3)4/h2-6,8-9H,1H3;(H2,1,2,3,4). The largest absolute Gasteiger partial charge is 0.394 e. The van der Waals surface area contributed by atoms with Crippen molar-refractivity contribution in [2.24, 2.45) is 0 Å². The van der Waals surface area contributed by atoms with Crippen LogP contribution >= 0.6 is 0 Å². The van der Waals surface area contributed by atoms with Crippen molar-refractivity contribution >= 4 is 16.1 Å². The van der Waals surface area contributed by atoms with E-state index in [9.17, 15) is 0 Å². The number of para-hydroxylation sites is 1. The van der Waals surface area contributed by atoms with Crippen LogP contribution < -0.4 is 11.0 Å². The van der Waals surface area contributed by atoms with Gasteiger partial charge in [0, 0.05) is 0 Å². The van der Waals surface area contributed by atoms with Gasteiger partial charge in [0.1, 0.15) is 0 Å². The fourth-order valence-corrected chi connectivity index (χ4v) is 0.631. The minimum absolute atomic E-state index is 0.976. The summed E-state index contributed by atoms with van der Waals surface area (Å²) in [6.45, 7) is 0. The molecule has 0 bridgehead atoms. The van der Waals surface area contributed by atoms with Gasteiger partial charge in [-0.05, 0) is 12.1 Å². The molecule has 1 rings (SSSR count). The van der Waals surface area contributed by atoms with Gasteiger partial charge in [-0.3, -0.25) is 19.4 Å².